The second-order valence-electron chi connectivity index (χ2n) is 4.15. The summed E-state index contributed by atoms with van der Waals surface area (Å²) < 4.78 is 2.00. The van der Waals surface area contributed by atoms with Crippen molar-refractivity contribution in [3.8, 4) is 0 Å². The minimum absolute atomic E-state index is 0.447. The van der Waals surface area contributed by atoms with Crippen molar-refractivity contribution in [3.05, 3.63) is 23.0 Å². The summed E-state index contributed by atoms with van der Waals surface area (Å²) in [4.78, 5) is 10.9. The van der Waals surface area contributed by atoms with E-state index in [2.05, 4.69) is 0 Å². The Labute approximate surface area is 83.4 Å². The monoisotopic (exact) mass is 193 g/mol. The van der Waals surface area contributed by atoms with Crippen molar-refractivity contribution >= 4 is 5.97 Å². The van der Waals surface area contributed by atoms with Gasteiger partial charge in [-0.3, -0.25) is 0 Å². The van der Waals surface area contributed by atoms with Gasteiger partial charge in [-0.15, -0.1) is 0 Å². The predicted molar refractivity (Wildman–Crippen MR) is 53.5 cm³/mol. The van der Waals surface area contributed by atoms with Gasteiger partial charge in [-0.05, 0) is 38.2 Å². The lowest BCUT2D eigenvalue weighted by molar-refractivity contribution is 0.0696. The first-order chi connectivity index (χ1) is 6.59. The summed E-state index contributed by atoms with van der Waals surface area (Å²) in [6, 6.07) is 1.82. The largest absolute Gasteiger partial charge is 0.478 e. The van der Waals surface area contributed by atoms with Crippen LogP contribution in [0.2, 0.25) is 0 Å². The SMILES string of the molecule is Cc1c(C(=O)O)cc(CC2CC2)n1C. The summed E-state index contributed by atoms with van der Waals surface area (Å²) in [6.45, 7) is 1.86. The van der Waals surface area contributed by atoms with E-state index in [-0.39, 0.29) is 0 Å². The standard InChI is InChI=1S/C11H15NO2/c1-7-10(11(13)14)6-9(12(7)2)5-8-3-4-8/h6,8H,3-5H2,1-2H3,(H,13,14). The number of aromatic carboxylic acids is 1. The molecule has 3 nitrogen and oxygen atoms in total. The molecule has 0 aromatic carbocycles. The number of aromatic nitrogens is 1. The molecule has 1 aromatic rings. The maximum absolute atomic E-state index is 10.9. The quantitative estimate of drug-likeness (QED) is 0.797. The van der Waals surface area contributed by atoms with Gasteiger partial charge in [0, 0.05) is 18.4 Å². The van der Waals surface area contributed by atoms with Crippen LogP contribution in [0.25, 0.3) is 0 Å². The molecule has 14 heavy (non-hydrogen) atoms. The number of carboxylic acid groups (broad SMARTS) is 1. The first-order valence-electron chi connectivity index (χ1n) is 4.98. The highest BCUT2D eigenvalue weighted by atomic mass is 16.4. The first-order valence-corrected chi connectivity index (χ1v) is 4.98. The molecule has 1 N–H and O–H groups in total. The molecule has 0 aliphatic heterocycles. The van der Waals surface area contributed by atoms with Crippen LogP contribution >= 0.6 is 0 Å². The van der Waals surface area contributed by atoms with Crippen LogP contribution in [0.3, 0.4) is 0 Å². The zero-order valence-corrected chi connectivity index (χ0v) is 8.58. The molecule has 1 heterocycles. The van der Waals surface area contributed by atoms with Crippen LogP contribution in [0.5, 0.6) is 0 Å². The second-order valence-corrected chi connectivity index (χ2v) is 4.15. The van der Waals surface area contributed by atoms with Crippen LogP contribution in [0.15, 0.2) is 6.07 Å². The molecule has 0 unspecified atom stereocenters. The van der Waals surface area contributed by atoms with E-state index in [0.29, 0.717) is 5.56 Å². The fraction of sp³-hybridized carbons (Fsp3) is 0.545. The van der Waals surface area contributed by atoms with E-state index in [4.69, 9.17) is 5.11 Å². The van der Waals surface area contributed by atoms with Crippen LogP contribution in [-0.2, 0) is 13.5 Å². The van der Waals surface area contributed by atoms with Crippen LogP contribution in [0, 0.1) is 12.8 Å². The predicted octanol–water partition coefficient (Wildman–Crippen LogP) is 1.98. The first kappa shape index (κ1) is 9.31. The molecule has 76 valence electrons. The number of rotatable bonds is 3. The van der Waals surface area contributed by atoms with E-state index in [0.717, 1.165) is 23.7 Å². The summed E-state index contributed by atoms with van der Waals surface area (Å²) >= 11 is 0. The average Bonchev–Trinajstić information content (AvgIpc) is 2.88. The molecule has 2 rings (SSSR count). The van der Waals surface area contributed by atoms with Crippen molar-refractivity contribution in [2.75, 3.05) is 0 Å². The molecule has 1 aliphatic rings. The Hall–Kier alpha value is -1.25. The molecule has 0 radical (unpaired) electrons. The molecule has 1 aliphatic carbocycles. The maximum Gasteiger partial charge on any atom is 0.337 e. The highest BCUT2D eigenvalue weighted by molar-refractivity contribution is 5.89. The van der Waals surface area contributed by atoms with Gasteiger partial charge in [0.15, 0.2) is 0 Å². The fourth-order valence-electron chi connectivity index (χ4n) is 1.79. The molecule has 0 amide bonds. The lowest BCUT2D eigenvalue weighted by atomic mass is 10.2. The minimum atomic E-state index is -0.819. The number of nitrogens with zero attached hydrogens (tertiary/aromatic N) is 1. The van der Waals surface area contributed by atoms with Crippen molar-refractivity contribution in [2.24, 2.45) is 13.0 Å². The highest BCUT2D eigenvalue weighted by Gasteiger charge is 2.24. The molecule has 3 heteroatoms. The van der Waals surface area contributed by atoms with Crippen LogP contribution in [0.1, 0.15) is 34.6 Å². The third-order valence-electron chi connectivity index (χ3n) is 3.06. The lowest BCUT2D eigenvalue weighted by Crippen LogP contribution is -2.01. The van der Waals surface area contributed by atoms with E-state index in [9.17, 15) is 4.79 Å². The Bertz CT molecular complexity index is 375. The van der Waals surface area contributed by atoms with Crippen molar-refractivity contribution in [1.82, 2.24) is 4.57 Å². The summed E-state index contributed by atoms with van der Waals surface area (Å²) in [6.07, 6.45) is 3.63. The zero-order chi connectivity index (χ0) is 10.3. The van der Waals surface area contributed by atoms with Gasteiger partial charge in [0.05, 0.1) is 5.56 Å². The highest BCUT2D eigenvalue weighted by Crippen LogP contribution is 2.33. The van der Waals surface area contributed by atoms with Gasteiger partial charge in [-0.1, -0.05) is 0 Å². The van der Waals surface area contributed by atoms with Gasteiger partial charge in [-0.25, -0.2) is 4.79 Å². The molecule has 1 fully saturated rings. The minimum Gasteiger partial charge on any atom is -0.478 e. The van der Waals surface area contributed by atoms with E-state index in [1.807, 2.05) is 24.6 Å². The van der Waals surface area contributed by atoms with Crippen molar-refractivity contribution < 1.29 is 9.90 Å². The molecular weight excluding hydrogens is 178 g/mol. The molecule has 0 saturated heterocycles. The van der Waals surface area contributed by atoms with Gasteiger partial charge < -0.3 is 9.67 Å². The van der Waals surface area contributed by atoms with E-state index < -0.39 is 5.97 Å². The Kier molecular flexibility index (Phi) is 2.10. The number of hydrogen-bond donors (Lipinski definition) is 1. The molecule has 0 bridgehead atoms. The normalized spacial score (nSPS) is 15.9. The van der Waals surface area contributed by atoms with Crippen LogP contribution < -0.4 is 0 Å². The molecule has 0 spiro atoms. The van der Waals surface area contributed by atoms with Gasteiger partial charge in [0.25, 0.3) is 0 Å². The fourth-order valence-corrected chi connectivity index (χ4v) is 1.79. The molecule has 1 aromatic heterocycles. The van der Waals surface area contributed by atoms with Gasteiger partial charge in [-0.2, -0.15) is 0 Å². The Morgan fingerprint density at radius 2 is 2.29 bits per heavy atom. The molecule has 0 atom stereocenters. The summed E-state index contributed by atoms with van der Waals surface area (Å²) in [7, 11) is 1.94. The zero-order valence-electron chi connectivity index (χ0n) is 8.58. The van der Waals surface area contributed by atoms with E-state index in [1.54, 1.807) is 0 Å². The summed E-state index contributed by atoms with van der Waals surface area (Å²) in [5, 5.41) is 8.94. The van der Waals surface area contributed by atoms with Crippen LogP contribution in [0.4, 0.5) is 0 Å². The topological polar surface area (TPSA) is 42.2 Å². The Morgan fingerprint density at radius 3 is 2.71 bits per heavy atom. The van der Waals surface area contributed by atoms with Crippen LogP contribution in [-0.4, -0.2) is 15.6 Å². The Balaban J connectivity index is 2.30. The average molecular weight is 193 g/mol. The maximum atomic E-state index is 10.9. The van der Waals surface area contributed by atoms with Crippen molar-refractivity contribution in [2.45, 2.75) is 26.2 Å². The van der Waals surface area contributed by atoms with Gasteiger partial charge in [0.1, 0.15) is 0 Å². The van der Waals surface area contributed by atoms with Crippen molar-refractivity contribution in [3.63, 3.8) is 0 Å². The lowest BCUT2D eigenvalue weighted by Gasteiger charge is -2.03. The van der Waals surface area contributed by atoms with Crippen molar-refractivity contribution in [1.29, 1.82) is 0 Å². The van der Waals surface area contributed by atoms with E-state index >= 15 is 0 Å². The molecular formula is C11H15NO2. The number of carbonyl (C=O) groups is 1. The summed E-state index contributed by atoms with van der Waals surface area (Å²) in [5.74, 6) is -0.0233. The van der Waals surface area contributed by atoms with E-state index in [1.165, 1.54) is 12.8 Å². The number of carboxylic acids is 1. The summed E-state index contributed by atoms with van der Waals surface area (Å²) in [5.41, 5.74) is 2.46. The third kappa shape index (κ3) is 1.54. The smallest absolute Gasteiger partial charge is 0.337 e. The van der Waals surface area contributed by atoms with Gasteiger partial charge >= 0.3 is 5.97 Å². The van der Waals surface area contributed by atoms with Gasteiger partial charge in [0.2, 0.25) is 0 Å². The number of hydrogen-bond acceptors (Lipinski definition) is 1. The second kappa shape index (κ2) is 3.15. The molecule has 1 saturated carbocycles. The Morgan fingerprint density at radius 1 is 1.64 bits per heavy atom. The third-order valence-corrected chi connectivity index (χ3v) is 3.06.